The maximum Gasteiger partial charge on any atom is 0.119 e. The molecule has 0 aliphatic carbocycles. The molecule has 17 heavy (non-hydrogen) atoms. The van der Waals surface area contributed by atoms with E-state index in [0.717, 1.165) is 24.5 Å². The fourth-order valence-electron chi connectivity index (χ4n) is 2.21. The lowest BCUT2D eigenvalue weighted by Gasteiger charge is -2.40. The zero-order valence-electron chi connectivity index (χ0n) is 10.4. The molecule has 2 atom stereocenters. The van der Waals surface area contributed by atoms with Gasteiger partial charge >= 0.3 is 0 Å². The van der Waals surface area contributed by atoms with Gasteiger partial charge in [0.2, 0.25) is 0 Å². The summed E-state index contributed by atoms with van der Waals surface area (Å²) in [5.41, 5.74) is 1.14. The first kappa shape index (κ1) is 12.2. The first-order chi connectivity index (χ1) is 8.24. The Morgan fingerprint density at radius 2 is 2.12 bits per heavy atom. The first-order valence-corrected chi connectivity index (χ1v) is 5.99. The monoisotopic (exact) mass is 236 g/mol. The first-order valence-electron chi connectivity index (χ1n) is 5.99. The second-order valence-corrected chi connectivity index (χ2v) is 4.50. The van der Waals surface area contributed by atoms with Crippen molar-refractivity contribution in [2.24, 2.45) is 0 Å². The fourth-order valence-corrected chi connectivity index (χ4v) is 2.21. The number of hydrogen-bond acceptors (Lipinski definition) is 4. The van der Waals surface area contributed by atoms with Gasteiger partial charge in [-0.15, -0.1) is 0 Å². The molecule has 1 aromatic carbocycles. The molecule has 2 rings (SSSR count). The highest BCUT2D eigenvalue weighted by Crippen LogP contribution is 2.22. The summed E-state index contributed by atoms with van der Waals surface area (Å²) in [7, 11) is 1.67. The van der Waals surface area contributed by atoms with Crippen molar-refractivity contribution in [3.8, 4) is 5.75 Å². The maximum absolute atomic E-state index is 9.40. The number of benzene rings is 1. The van der Waals surface area contributed by atoms with Crippen LogP contribution in [-0.4, -0.2) is 44.0 Å². The van der Waals surface area contributed by atoms with Gasteiger partial charge in [-0.2, -0.15) is 0 Å². The molecular weight excluding hydrogens is 216 g/mol. The lowest BCUT2D eigenvalue weighted by Crippen LogP contribution is -2.57. The van der Waals surface area contributed by atoms with Crippen LogP contribution in [0.15, 0.2) is 24.3 Å². The SMILES string of the molecule is COc1ccc(N2CC(C)NCC2CO)cc1. The molecule has 1 aliphatic rings. The Balaban J connectivity index is 2.16. The summed E-state index contributed by atoms with van der Waals surface area (Å²) < 4.78 is 5.15. The molecule has 0 saturated carbocycles. The van der Waals surface area contributed by atoms with Gasteiger partial charge in [0.05, 0.1) is 19.8 Å². The molecule has 2 unspecified atom stereocenters. The van der Waals surface area contributed by atoms with Crippen LogP contribution in [-0.2, 0) is 0 Å². The van der Waals surface area contributed by atoms with Crippen molar-refractivity contribution in [3.05, 3.63) is 24.3 Å². The predicted molar refractivity (Wildman–Crippen MR) is 68.7 cm³/mol. The normalized spacial score (nSPS) is 24.8. The van der Waals surface area contributed by atoms with Crippen molar-refractivity contribution in [2.75, 3.05) is 31.7 Å². The van der Waals surface area contributed by atoms with Crippen LogP contribution < -0.4 is 15.0 Å². The summed E-state index contributed by atoms with van der Waals surface area (Å²) in [5, 5.41) is 12.8. The largest absolute Gasteiger partial charge is 0.497 e. The van der Waals surface area contributed by atoms with Gasteiger partial charge < -0.3 is 20.1 Å². The van der Waals surface area contributed by atoms with E-state index in [4.69, 9.17) is 4.74 Å². The van der Waals surface area contributed by atoms with Gasteiger partial charge in [-0.3, -0.25) is 0 Å². The number of aliphatic hydroxyl groups excluding tert-OH is 1. The van der Waals surface area contributed by atoms with Gasteiger partial charge in [0.1, 0.15) is 5.75 Å². The highest BCUT2D eigenvalue weighted by Gasteiger charge is 2.25. The van der Waals surface area contributed by atoms with Crippen molar-refractivity contribution in [1.82, 2.24) is 5.32 Å². The van der Waals surface area contributed by atoms with Gasteiger partial charge in [0, 0.05) is 24.8 Å². The second-order valence-electron chi connectivity index (χ2n) is 4.50. The molecule has 4 heteroatoms. The standard InChI is InChI=1S/C13H20N2O2/c1-10-8-15(12(9-16)7-14-10)11-3-5-13(17-2)6-4-11/h3-6,10,12,14,16H,7-9H2,1-2H3. The third kappa shape index (κ3) is 2.70. The molecule has 1 fully saturated rings. The zero-order chi connectivity index (χ0) is 12.3. The van der Waals surface area contributed by atoms with E-state index in [-0.39, 0.29) is 12.6 Å². The Bertz CT molecular complexity index is 353. The van der Waals surface area contributed by atoms with Crippen LogP contribution in [0, 0.1) is 0 Å². The minimum atomic E-state index is 0.152. The molecule has 4 nitrogen and oxygen atoms in total. The van der Waals surface area contributed by atoms with Crippen LogP contribution in [0.1, 0.15) is 6.92 Å². The highest BCUT2D eigenvalue weighted by atomic mass is 16.5. The van der Waals surface area contributed by atoms with Crippen LogP contribution in [0.3, 0.4) is 0 Å². The van der Waals surface area contributed by atoms with E-state index < -0.39 is 0 Å². The number of rotatable bonds is 3. The van der Waals surface area contributed by atoms with Crippen molar-refractivity contribution in [3.63, 3.8) is 0 Å². The quantitative estimate of drug-likeness (QED) is 0.817. The zero-order valence-corrected chi connectivity index (χ0v) is 10.4. The molecule has 1 aromatic rings. The van der Waals surface area contributed by atoms with E-state index in [2.05, 4.69) is 17.1 Å². The van der Waals surface area contributed by atoms with Crippen LogP contribution >= 0.6 is 0 Å². The van der Waals surface area contributed by atoms with E-state index >= 15 is 0 Å². The van der Waals surface area contributed by atoms with Gasteiger partial charge in [-0.05, 0) is 31.2 Å². The summed E-state index contributed by atoms with van der Waals surface area (Å²) in [6, 6.07) is 8.59. The molecular formula is C13H20N2O2. The summed E-state index contributed by atoms with van der Waals surface area (Å²) in [6.07, 6.45) is 0. The molecule has 0 radical (unpaired) electrons. The number of hydrogen-bond donors (Lipinski definition) is 2. The molecule has 94 valence electrons. The predicted octanol–water partition coefficient (Wildman–Crippen LogP) is 0.854. The van der Waals surface area contributed by atoms with Crippen LogP contribution in [0.5, 0.6) is 5.75 Å². The molecule has 0 bridgehead atoms. The summed E-state index contributed by atoms with van der Waals surface area (Å²) in [4.78, 5) is 2.25. The van der Waals surface area contributed by atoms with Gasteiger partial charge in [0.25, 0.3) is 0 Å². The summed E-state index contributed by atoms with van der Waals surface area (Å²) in [6.45, 7) is 4.07. The summed E-state index contributed by atoms with van der Waals surface area (Å²) in [5.74, 6) is 0.859. The minimum Gasteiger partial charge on any atom is -0.497 e. The number of methoxy groups -OCH3 is 1. The van der Waals surface area contributed by atoms with Crippen molar-refractivity contribution in [1.29, 1.82) is 0 Å². The van der Waals surface area contributed by atoms with E-state index in [1.807, 2.05) is 24.3 Å². The number of aliphatic hydroxyl groups is 1. The Morgan fingerprint density at radius 1 is 1.41 bits per heavy atom. The molecule has 1 aliphatic heterocycles. The Morgan fingerprint density at radius 3 is 2.71 bits per heavy atom. The Labute approximate surface area is 102 Å². The van der Waals surface area contributed by atoms with Crippen molar-refractivity contribution in [2.45, 2.75) is 19.0 Å². The Hall–Kier alpha value is -1.26. The second kappa shape index (κ2) is 5.38. The van der Waals surface area contributed by atoms with Gasteiger partial charge in [0.15, 0.2) is 0 Å². The Kier molecular flexibility index (Phi) is 3.86. The van der Waals surface area contributed by atoms with Crippen LogP contribution in [0.4, 0.5) is 5.69 Å². The fraction of sp³-hybridized carbons (Fsp3) is 0.538. The minimum absolute atomic E-state index is 0.152. The number of nitrogens with zero attached hydrogens (tertiary/aromatic N) is 1. The molecule has 0 aromatic heterocycles. The topological polar surface area (TPSA) is 44.7 Å². The average Bonchev–Trinajstić information content (AvgIpc) is 2.39. The highest BCUT2D eigenvalue weighted by molar-refractivity contribution is 5.50. The number of anilines is 1. The maximum atomic E-state index is 9.40. The average molecular weight is 236 g/mol. The van der Waals surface area contributed by atoms with Crippen LogP contribution in [0.2, 0.25) is 0 Å². The molecule has 1 heterocycles. The molecule has 1 saturated heterocycles. The number of piperazine rings is 1. The van der Waals surface area contributed by atoms with Gasteiger partial charge in [-0.1, -0.05) is 0 Å². The lowest BCUT2D eigenvalue weighted by atomic mass is 10.1. The third-order valence-electron chi connectivity index (χ3n) is 3.23. The molecule has 0 spiro atoms. The van der Waals surface area contributed by atoms with Gasteiger partial charge in [-0.25, -0.2) is 0 Å². The number of ether oxygens (including phenoxy) is 1. The number of nitrogens with one attached hydrogen (secondary N) is 1. The van der Waals surface area contributed by atoms with E-state index in [1.54, 1.807) is 7.11 Å². The lowest BCUT2D eigenvalue weighted by molar-refractivity contribution is 0.237. The van der Waals surface area contributed by atoms with Crippen molar-refractivity contribution < 1.29 is 9.84 Å². The van der Waals surface area contributed by atoms with E-state index in [9.17, 15) is 5.11 Å². The molecule has 2 N–H and O–H groups in total. The van der Waals surface area contributed by atoms with E-state index in [1.165, 1.54) is 0 Å². The summed E-state index contributed by atoms with van der Waals surface area (Å²) >= 11 is 0. The van der Waals surface area contributed by atoms with E-state index in [0.29, 0.717) is 6.04 Å². The molecule has 0 amide bonds. The van der Waals surface area contributed by atoms with Crippen LogP contribution in [0.25, 0.3) is 0 Å². The smallest absolute Gasteiger partial charge is 0.119 e. The van der Waals surface area contributed by atoms with Crippen molar-refractivity contribution >= 4 is 5.69 Å². The third-order valence-corrected chi connectivity index (χ3v) is 3.23.